The number of anilines is 5. The van der Waals surface area contributed by atoms with Crippen LogP contribution in [0.5, 0.6) is 0 Å². The topological polar surface area (TPSA) is 219 Å². The summed E-state index contributed by atoms with van der Waals surface area (Å²) in [7, 11) is 0. The molecule has 0 aliphatic heterocycles. The summed E-state index contributed by atoms with van der Waals surface area (Å²) in [5, 5.41) is 41.7. The number of para-hydroxylation sites is 5. The summed E-state index contributed by atoms with van der Waals surface area (Å²) in [5.74, 6) is 8.36. The largest absolute Gasteiger partial charge is 0.354 e. The number of hydrogen-bond acceptors (Lipinski definition) is 6. The molecule has 0 atom stereocenters. The van der Waals surface area contributed by atoms with Crippen LogP contribution >= 0.6 is 0 Å². The second-order valence-corrected chi connectivity index (χ2v) is 39.3. The van der Waals surface area contributed by atoms with Crippen LogP contribution in [0.2, 0.25) is 0 Å². The fourth-order valence-electron chi connectivity index (χ4n) is 18.6. The highest BCUT2D eigenvalue weighted by Crippen LogP contribution is 2.57. The minimum atomic E-state index is 0.0474. The van der Waals surface area contributed by atoms with Gasteiger partial charge in [0, 0.05) is 69.7 Å². The third kappa shape index (κ3) is 39.3. The van der Waals surface area contributed by atoms with Gasteiger partial charge < -0.3 is 63.8 Å². The Morgan fingerprint density at radius 2 is 0.500 bits per heavy atom. The molecule has 18 heteroatoms. The quantitative estimate of drug-likeness (QED) is 0.0328. The zero-order chi connectivity index (χ0) is 85.2. The normalized spacial score (nSPS) is 21.0. The summed E-state index contributed by atoms with van der Waals surface area (Å²) in [5.41, 5.74) is 5.64. The molecular weight excluding hydrogens is 1480 g/mol. The van der Waals surface area contributed by atoms with Gasteiger partial charge in [-0.25, -0.2) is 30.0 Å². The Labute approximate surface area is 728 Å². The van der Waals surface area contributed by atoms with Crippen molar-refractivity contribution >= 4 is 64.2 Å². The van der Waals surface area contributed by atoms with Crippen LogP contribution in [0.1, 0.15) is 328 Å². The van der Waals surface area contributed by atoms with Gasteiger partial charge in [0.1, 0.15) is 0 Å². The summed E-state index contributed by atoms with van der Waals surface area (Å²) in [4.78, 5) is 29.8. The first-order valence-electron chi connectivity index (χ1n) is 47.9. The lowest BCUT2D eigenvalue weighted by molar-refractivity contribution is 0.00168. The van der Waals surface area contributed by atoms with Crippen molar-refractivity contribution in [1.82, 2.24) is 37.2 Å². The van der Waals surface area contributed by atoms with E-state index in [0.29, 0.717) is 60.4 Å². The van der Waals surface area contributed by atoms with E-state index in [1.807, 2.05) is 48.5 Å². The lowest BCUT2D eigenvalue weighted by atomic mass is 9.53. The molecule has 0 radical (unpaired) electrons. The molecule has 4 bridgehead atoms. The summed E-state index contributed by atoms with van der Waals surface area (Å²) in [6.45, 7) is 30.3. The Bertz CT molecular complexity index is 3540. The van der Waals surface area contributed by atoms with Crippen molar-refractivity contribution in [2.45, 2.75) is 405 Å². The van der Waals surface area contributed by atoms with E-state index in [0.717, 1.165) is 81.9 Å². The summed E-state index contributed by atoms with van der Waals surface area (Å²) >= 11 is 0. The maximum Gasteiger partial charge on any atom is 0.200 e. The second-order valence-electron chi connectivity index (χ2n) is 39.3. The molecule has 5 aromatic rings. The molecule has 5 aromatic carbocycles. The maximum atomic E-state index is 5.35. The van der Waals surface area contributed by atoms with Gasteiger partial charge in [0.15, 0.2) is 23.8 Å². The fraction of sp³-hybridized carbons (Fsp3) is 0.647. The lowest BCUT2D eigenvalue weighted by Crippen LogP contribution is -2.53. The van der Waals surface area contributed by atoms with E-state index in [2.05, 4.69) is 264 Å². The number of nitrogens with one attached hydrogen (secondary N) is 12. The molecule has 0 aromatic heterocycles. The summed E-state index contributed by atoms with van der Waals surface area (Å²) in [6.07, 6.45) is 47.3. The van der Waals surface area contributed by atoms with E-state index in [4.69, 9.17) is 30.0 Å². The molecule has 15 rings (SSSR count). The molecule has 0 heterocycles. The van der Waals surface area contributed by atoms with E-state index in [9.17, 15) is 0 Å². The van der Waals surface area contributed by atoms with Gasteiger partial charge in [-0.2, -0.15) is 0 Å². The highest BCUT2D eigenvalue weighted by molar-refractivity contribution is 6.04. The first-order valence-corrected chi connectivity index (χ1v) is 47.9. The van der Waals surface area contributed by atoms with Crippen LogP contribution in [0, 0.1) is 17.8 Å². The van der Waals surface area contributed by atoms with Crippen molar-refractivity contribution in [3.8, 4) is 0 Å². The van der Waals surface area contributed by atoms with Gasteiger partial charge >= 0.3 is 0 Å². The smallest absolute Gasteiger partial charge is 0.200 e. The van der Waals surface area contributed by atoms with E-state index in [1.54, 1.807) is 0 Å². The van der Waals surface area contributed by atoms with Crippen molar-refractivity contribution in [2.75, 3.05) is 26.6 Å². The molecule has 10 saturated carbocycles. The van der Waals surface area contributed by atoms with Gasteiger partial charge in [-0.3, -0.25) is 0 Å². The highest BCUT2D eigenvalue weighted by Gasteiger charge is 2.51. The Hall–Kier alpha value is -8.28. The predicted octanol–water partition coefficient (Wildman–Crippen LogP) is 23.9. The zero-order valence-corrected chi connectivity index (χ0v) is 77.1. The molecule has 120 heavy (non-hydrogen) atoms. The average molecular weight is 1640 g/mol. The number of guanidine groups is 6. The molecule has 0 saturated heterocycles. The third-order valence-corrected chi connectivity index (χ3v) is 23.6. The molecule has 18 nitrogen and oxygen atoms in total. The Balaban J connectivity index is 0.000000166. The monoisotopic (exact) mass is 1640 g/mol. The Morgan fingerprint density at radius 1 is 0.275 bits per heavy atom. The van der Waals surface area contributed by atoms with Crippen LogP contribution in [-0.4, -0.2) is 113 Å². The van der Waals surface area contributed by atoms with Gasteiger partial charge in [-0.05, 0) is 291 Å². The van der Waals surface area contributed by atoms with Crippen molar-refractivity contribution < 1.29 is 0 Å². The number of aliphatic imine (C=N–C) groups is 6. The molecule has 10 aliphatic rings. The molecule has 10 aliphatic carbocycles. The zero-order valence-electron chi connectivity index (χ0n) is 77.1. The SMILES string of the molecule is CC(C)(C)NC(=NC1CCCCC1)NC(C)(C)C.CC(C)NC(=NC1CCCCC1)NC(C)C.CC(C)NC(=NC1CCCCC1)NC(C)C.c1ccc(NC(=NC23CC4CC(CC(C4)C2)C3)Nc2ccccc2)cc1.c1ccc(NC(=NC2CCCCC2)NC2CCCCC2)cc1.c1ccc(NC(=NC2CCCCC2)Nc2ccccc2)cc1. The number of hydrogen-bond donors (Lipinski definition) is 12. The molecule has 0 unspecified atom stereocenters. The minimum Gasteiger partial charge on any atom is -0.354 e. The van der Waals surface area contributed by atoms with Crippen LogP contribution in [0.3, 0.4) is 0 Å². The van der Waals surface area contributed by atoms with E-state index in [1.165, 1.54) is 231 Å². The summed E-state index contributed by atoms with van der Waals surface area (Å²) in [6, 6.07) is 56.4. The van der Waals surface area contributed by atoms with Gasteiger partial charge in [0.25, 0.3) is 0 Å². The average Bonchev–Trinajstić information content (AvgIpc) is 0.747. The van der Waals surface area contributed by atoms with Crippen LogP contribution < -0.4 is 63.8 Å². The standard InChI is InChI=1S/C23H27N3.C19H29N3.C19H23N3.C15H31N3.2C13H27N3/c1-3-7-20(8-4-1)24-22(25-21-9-5-2-6-10-21)26-23-14-17-11-18(15-23)13-19(12-17)16-23;2*1-4-10-16(11-5-1)20-19(21-17-12-6-2-7-13-17)22-18-14-8-3-9-15-18;1-14(2,3)17-13(18-15(4,5)6)16-12-10-8-7-9-11-12;2*1-10(2)14-13(15-11(3)4)16-12-8-6-5-7-9-12/h1-10,17-19H,11-16H2,(H2,24,25,26);1,4-5,10-11,17-18H,2-3,6-9,12-15H2,(H2,20,21,22);1-2,4-7,10-13,18H,3,8-9,14-15H2,(H2,20,21,22);12H,7-11H2,1-6H3,(H2,16,17,18);2*10-12H,5-9H2,1-4H3,(H2,14,15,16). The Morgan fingerprint density at radius 3 is 0.758 bits per heavy atom. The molecular formula is C102H164N18. The van der Waals surface area contributed by atoms with E-state index < -0.39 is 0 Å². The first-order chi connectivity index (χ1) is 57.9. The van der Waals surface area contributed by atoms with E-state index in [-0.39, 0.29) is 16.6 Å². The van der Waals surface area contributed by atoms with Crippen LogP contribution in [0.15, 0.2) is 182 Å². The van der Waals surface area contributed by atoms with Gasteiger partial charge in [0.2, 0.25) is 11.9 Å². The van der Waals surface area contributed by atoms with Crippen LogP contribution in [0.4, 0.5) is 28.4 Å². The maximum absolute atomic E-state index is 5.35. The second kappa shape index (κ2) is 51.6. The predicted molar refractivity (Wildman–Crippen MR) is 519 cm³/mol. The van der Waals surface area contributed by atoms with Gasteiger partial charge in [-0.1, -0.05) is 207 Å². The molecule has 0 spiro atoms. The highest BCUT2D eigenvalue weighted by atomic mass is 15.2. The molecule has 10 fully saturated rings. The van der Waals surface area contributed by atoms with Crippen LogP contribution in [-0.2, 0) is 0 Å². The van der Waals surface area contributed by atoms with E-state index >= 15 is 0 Å². The lowest BCUT2D eigenvalue weighted by Gasteiger charge is -2.55. The first kappa shape index (κ1) is 95.6. The van der Waals surface area contributed by atoms with Gasteiger partial charge in [0.05, 0.1) is 35.7 Å². The molecule has 662 valence electrons. The number of nitrogens with zero attached hydrogens (tertiary/aromatic N) is 6. The van der Waals surface area contributed by atoms with Gasteiger partial charge in [-0.15, -0.1) is 0 Å². The van der Waals surface area contributed by atoms with Crippen LogP contribution in [0.25, 0.3) is 0 Å². The third-order valence-electron chi connectivity index (χ3n) is 23.6. The minimum absolute atomic E-state index is 0.0474. The molecule has 0 amide bonds. The summed E-state index contributed by atoms with van der Waals surface area (Å²) < 4.78 is 0. The Kier molecular flexibility index (Phi) is 41.1. The van der Waals surface area contributed by atoms with Crippen molar-refractivity contribution in [3.63, 3.8) is 0 Å². The number of benzene rings is 5. The van der Waals surface area contributed by atoms with Crippen molar-refractivity contribution in [2.24, 2.45) is 47.7 Å². The fourth-order valence-corrected chi connectivity index (χ4v) is 18.6. The van der Waals surface area contributed by atoms with Crippen molar-refractivity contribution in [3.05, 3.63) is 152 Å². The molecule has 12 N–H and O–H groups in total. The number of rotatable bonds is 16. The van der Waals surface area contributed by atoms with Crippen molar-refractivity contribution in [1.29, 1.82) is 0 Å².